The van der Waals surface area contributed by atoms with Crippen LogP contribution in [0.5, 0.6) is 0 Å². The number of carbonyl (C=O) groups is 1. The molecule has 1 rings (SSSR count). The molecule has 2 atom stereocenters. The number of hydrogen-bond donors (Lipinski definition) is 0. The number of halogens is 1. The van der Waals surface area contributed by atoms with Crippen LogP contribution >= 0.6 is 11.6 Å². The second-order valence-electron chi connectivity index (χ2n) is 3.65. The van der Waals surface area contributed by atoms with Gasteiger partial charge in [0.2, 0.25) is 5.91 Å². The zero-order valence-electron chi connectivity index (χ0n) is 7.72. The van der Waals surface area contributed by atoms with Gasteiger partial charge in [0.1, 0.15) is 5.38 Å². The largest absolute Gasteiger partial charge is 0.341 e. The number of likely N-dealkylation sites (tertiary alicyclic amines) is 1. The molecule has 0 radical (unpaired) electrons. The summed E-state index contributed by atoms with van der Waals surface area (Å²) in [6.07, 6.45) is 2.36. The molecular formula is C9H16ClNO. The number of hydrogen-bond acceptors (Lipinski definition) is 1. The van der Waals surface area contributed by atoms with E-state index in [9.17, 15) is 4.79 Å². The van der Waals surface area contributed by atoms with Crippen LogP contribution in [0, 0.1) is 5.92 Å². The Morgan fingerprint density at radius 2 is 2.33 bits per heavy atom. The smallest absolute Gasteiger partial charge is 0.240 e. The van der Waals surface area contributed by atoms with Gasteiger partial charge in [-0.15, -0.1) is 11.6 Å². The molecule has 3 heteroatoms. The van der Waals surface area contributed by atoms with Crippen LogP contribution in [0.4, 0.5) is 0 Å². The number of carbonyl (C=O) groups excluding carboxylic acids is 1. The molecular weight excluding hydrogens is 174 g/mol. The number of rotatable bonds is 1. The quantitative estimate of drug-likeness (QED) is 0.577. The molecule has 1 fully saturated rings. The zero-order valence-corrected chi connectivity index (χ0v) is 8.47. The predicted molar refractivity (Wildman–Crippen MR) is 50.3 cm³/mol. The predicted octanol–water partition coefficient (Wildman–Crippen LogP) is 1.87. The van der Waals surface area contributed by atoms with Crippen molar-refractivity contribution in [2.24, 2.45) is 5.92 Å². The molecule has 0 aromatic heterocycles. The van der Waals surface area contributed by atoms with E-state index in [1.807, 2.05) is 4.90 Å². The van der Waals surface area contributed by atoms with Crippen LogP contribution < -0.4 is 0 Å². The molecule has 0 bridgehead atoms. The van der Waals surface area contributed by atoms with Gasteiger partial charge in [-0.25, -0.2) is 0 Å². The minimum absolute atomic E-state index is 0.0863. The van der Waals surface area contributed by atoms with E-state index in [0.29, 0.717) is 5.92 Å². The van der Waals surface area contributed by atoms with Crippen molar-refractivity contribution in [1.29, 1.82) is 0 Å². The summed E-state index contributed by atoms with van der Waals surface area (Å²) in [5.41, 5.74) is 0. The Morgan fingerprint density at radius 3 is 2.83 bits per heavy atom. The molecule has 1 aliphatic heterocycles. The van der Waals surface area contributed by atoms with Gasteiger partial charge < -0.3 is 4.90 Å². The average molecular weight is 190 g/mol. The summed E-state index contributed by atoms with van der Waals surface area (Å²) < 4.78 is 0. The first kappa shape index (κ1) is 9.85. The fourth-order valence-electron chi connectivity index (χ4n) is 1.64. The maximum atomic E-state index is 11.4. The molecule has 1 aliphatic rings. The fourth-order valence-corrected chi connectivity index (χ4v) is 1.78. The van der Waals surface area contributed by atoms with E-state index in [1.54, 1.807) is 6.92 Å². The first-order valence-electron chi connectivity index (χ1n) is 4.54. The summed E-state index contributed by atoms with van der Waals surface area (Å²) >= 11 is 5.72. The maximum Gasteiger partial charge on any atom is 0.240 e. The van der Waals surface area contributed by atoms with Gasteiger partial charge in [-0.3, -0.25) is 4.79 Å². The second kappa shape index (κ2) is 4.13. The van der Waals surface area contributed by atoms with Crippen molar-refractivity contribution >= 4 is 17.5 Å². The van der Waals surface area contributed by atoms with Crippen molar-refractivity contribution in [3.05, 3.63) is 0 Å². The van der Waals surface area contributed by atoms with E-state index in [4.69, 9.17) is 11.6 Å². The van der Waals surface area contributed by atoms with Crippen LogP contribution in [0.2, 0.25) is 0 Å². The lowest BCUT2D eigenvalue weighted by Gasteiger charge is -2.31. The van der Waals surface area contributed by atoms with Gasteiger partial charge in [-0.1, -0.05) is 6.92 Å². The van der Waals surface area contributed by atoms with Gasteiger partial charge in [0.15, 0.2) is 0 Å². The highest BCUT2D eigenvalue weighted by Gasteiger charge is 2.23. The Morgan fingerprint density at radius 1 is 1.67 bits per heavy atom. The van der Waals surface area contributed by atoms with Gasteiger partial charge in [0, 0.05) is 13.1 Å². The van der Waals surface area contributed by atoms with E-state index in [0.717, 1.165) is 19.5 Å². The van der Waals surface area contributed by atoms with Crippen molar-refractivity contribution in [3.63, 3.8) is 0 Å². The maximum absolute atomic E-state index is 11.4. The molecule has 0 aromatic carbocycles. The molecule has 1 amide bonds. The Balaban J connectivity index is 2.46. The van der Waals surface area contributed by atoms with Crippen molar-refractivity contribution in [1.82, 2.24) is 4.90 Å². The highest BCUT2D eigenvalue weighted by atomic mass is 35.5. The van der Waals surface area contributed by atoms with Gasteiger partial charge >= 0.3 is 0 Å². The van der Waals surface area contributed by atoms with Crippen LogP contribution in [-0.2, 0) is 4.79 Å². The monoisotopic (exact) mass is 189 g/mol. The third kappa shape index (κ3) is 2.37. The second-order valence-corrected chi connectivity index (χ2v) is 4.30. The van der Waals surface area contributed by atoms with Crippen LogP contribution in [0.25, 0.3) is 0 Å². The molecule has 0 N–H and O–H groups in total. The summed E-state index contributed by atoms with van der Waals surface area (Å²) in [4.78, 5) is 13.3. The van der Waals surface area contributed by atoms with Crippen molar-refractivity contribution in [3.8, 4) is 0 Å². The van der Waals surface area contributed by atoms with E-state index >= 15 is 0 Å². The lowest BCUT2D eigenvalue weighted by Crippen LogP contribution is -2.42. The van der Waals surface area contributed by atoms with E-state index < -0.39 is 0 Å². The molecule has 1 heterocycles. The van der Waals surface area contributed by atoms with Crippen LogP contribution in [0.3, 0.4) is 0 Å². The molecule has 0 saturated carbocycles. The molecule has 0 spiro atoms. The fraction of sp³-hybridized carbons (Fsp3) is 0.889. The van der Waals surface area contributed by atoms with E-state index in [2.05, 4.69) is 6.92 Å². The number of nitrogens with zero attached hydrogens (tertiary/aromatic N) is 1. The van der Waals surface area contributed by atoms with Crippen molar-refractivity contribution in [2.45, 2.75) is 32.1 Å². The van der Waals surface area contributed by atoms with Crippen molar-refractivity contribution in [2.75, 3.05) is 13.1 Å². The minimum Gasteiger partial charge on any atom is -0.341 e. The Labute approximate surface area is 78.9 Å². The number of piperidine rings is 1. The lowest BCUT2D eigenvalue weighted by molar-refractivity contribution is -0.132. The Bertz CT molecular complexity index is 170. The third-order valence-corrected chi connectivity index (χ3v) is 2.50. The number of amides is 1. The topological polar surface area (TPSA) is 20.3 Å². The standard InChI is InChI=1S/C9H16ClNO/c1-7-4-3-5-11(6-7)9(12)8(2)10/h7-8H,3-6H2,1-2H3/t7-,8+/m0/s1. The Hall–Kier alpha value is -0.240. The molecule has 0 aliphatic carbocycles. The van der Waals surface area contributed by atoms with Crippen LogP contribution in [-0.4, -0.2) is 29.3 Å². The molecule has 70 valence electrons. The first-order chi connectivity index (χ1) is 5.61. The molecule has 1 saturated heterocycles. The lowest BCUT2D eigenvalue weighted by atomic mass is 10.0. The van der Waals surface area contributed by atoms with E-state index in [-0.39, 0.29) is 11.3 Å². The minimum atomic E-state index is -0.365. The summed E-state index contributed by atoms with van der Waals surface area (Å²) in [6.45, 7) is 5.69. The average Bonchev–Trinajstić information content (AvgIpc) is 2.03. The summed E-state index contributed by atoms with van der Waals surface area (Å²) in [6, 6.07) is 0. The van der Waals surface area contributed by atoms with Crippen LogP contribution in [0.1, 0.15) is 26.7 Å². The third-order valence-electron chi connectivity index (χ3n) is 2.31. The molecule has 0 unspecified atom stereocenters. The molecule has 2 nitrogen and oxygen atoms in total. The van der Waals surface area contributed by atoms with Crippen molar-refractivity contribution < 1.29 is 4.79 Å². The SMILES string of the molecule is C[C@H]1CCCN(C(=O)[C@@H](C)Cl)C1. The summed E-state index contributed by atoms with van der Waals surface area (Å²) in [5, 5.41) is -0.365. The van der Waals surface area contributed by atoms with Gasteiger partial charge in [-0.2, -0.15) is 0 Å². The van der Waals surface area contributed by atoms with Gasteiger partial charge in [0.25, 0.3) is 0 Å². The summed E-state index contributed by atoms with van der Waals surface area (Å²) in [7, 11) is 0. The van der Waals surface area contributed by atoms with Gasteiger partial charge in [-0.05, 0) is 25.7 Å². The summed E-state index contributed by atoms with van der Waals surface area (Å²) in [5.74, 6) is 0.723. The molecule has 12 heavy (non-hydrogen) atoms. The van der Waals surface area contributed by atoms with Gasteiger partial charge in [0.05, 0.1) is 0 Å². The van der Waals surface area contributed by atoms with E-state index in [1.165, 1.54) is 6.42 Å². The normalized spacial score (nSPS) is 26.9. The number of alkyl halides is 1. The zero-order chi connectivity index (χ0) is 9.14. The molecule has 0 aromatic rings. The Kier molecular flexibility index (Phi) is 3.39. The van der Waals surface area contributed by atoms with Crippen LogP contribution in [0.15, 0.2) is 0 Å². The highest BCUT2D eigenvalue weighted by molar-refractivity contribution is 6.30. The first-order valence-corrected chi connectivity index (χ1v) is 4.97. The highest BCUT2D eigenvalue weighted by Crippen LogP contribution is 2.16.